The highest BCUT2D eigenvalue weighted by Crippen LogP contribution is 2.21. The van der Waals surface area contributed by atoms with E-state index in [0.717, 1.165) is 12.8 Å². The lowest BCUT2D eigenvalue weighted by atomic mass is 9.97. The summed E-state index contributed by atoms with van der Waals surface area (Å²) >= 11 is 0. The van der Waals surface area contributed by atoms with E-state index in [2.05, 4.69) is 50.1 Å². The molecular formula is C14H22N2. The molecule has 1 atom stereocenters. The maximum atomic E-state index is 5.56. The van der Waals surface area contributed by atoms with Crippen LogP contribution in [0.4, 0.5) is 0 Å². The van der Waals surface area contributed by atoms with Crippen LogP contribution in [0.2, 0.25) is 0 Å². The lowest BCUT2D eigenvalue weighted by Crippen LogP contribution is -2.27. The van der Waals surface area contributed by atoms with Gasteiger partial charge < -0.3 is 0 Å². The number of nitrogens with one attached hydrogen (secondary N) is 1. The summed E-state index contributed by atoms with van der Waals surface area (Å²) in [6, 6.07) is 8.89. The van der Waals surface area contributed by atoms with Crippen LogP contribution in [-0.4, -0.2) is 0 Å². The Bertz CT molecular complexity index is 314. The summed E-state index contributed by atoms with van der Waals surface area (Å²) in [5.41, 5.74) is 5.46. The highest BCUT2D eigenvalue weighted by Gasteiger charge is 2.08. The molecule has 88 valence electrons. The quantitative estimate of drug-likeness (QED) is 0.437. The van der Waals surface area contributed by atoms with E-state index in [-0.39, 0.29) is 6.04 Å². The minimum atomic E-state index is 0.221. The fourth-order valence-corrected chi connectivity index (χ4v) is 1.74. The molecule has 1 aromatic carbocycles. The maximum Gasteiger partial charge on any atom is 0.0462 e. The Morgan fingerprint density at radius 2 is 1.81 bits per heavy atom. The van der Waals surface area contributed by atoms with Gasteiger partial charge in [-0.2, -0.15) is 0 Å². The maximum absolute atomic E-state index is 5.56. The third kappa shape index (κ3) is 3.47. The van der Waals surface area contributed by atoms with Crippen molar-refractivity contribution in [1.29, 1.82) is 0 Å². The van der Waals surface area contributed by atoms with E-state index in [4.69, 9.17) is 5.84 Å². The third-order valence-electron chi connectivity index (χ3n) is 2.87. The van der Waals surface area contributed by atoms with Gasteiger partial charge in [-0.3, -0.25) is 11.3 Å². The number of hydrogen-bond acceptors (Lipinski definition) is 2. The lowest BCUT2D eigenvalue weighted by molar-refractivity contribution is 0.520. The van der Waals surface area contributed by atoms with Crippen molar-refractivity contribution in [2.45, 2.75) is 38.6 Å². The summed E-state index contributed by atoms with van der Waals surface area (Å²) in [4.78, 5) is 0. The molecule has 0 amide bonds. The Hall–Kier alpha value is -1.12. The van der Waals surface area contributed by atoms with Gasteiger partial charge in [0, 0.05) is 6.04 Å². The van der Waals surface area contributed by atoms with Crippen molar-refractivity contribution in [1.82, 2.24) is 5.43 Å². The van der Waals surface area contributed by atoms with E-state index < -0.39 is 0 Å². The molecule has 0 aliphatic carbocycles. The molecule has 0 saturated heterocycles. The molecule has 0 heterocycles. The summed E-state index contributed by atoms with van der Waals surface area (Å²) in [7, 11) is 0. The lowest BCUT2D eigenvalue weighted by Gasteiger charge is -2.16. The molecule has 0 bridgehead atoms. The summed E-state index contributed by atoms with van der Waals surface area (Å²) in [5, 5.41) is 0. The Labute approximate surface area is 98.5 Å². The Balaban J connectivity index is 2.73. The summed E-state index contributed by atoms with van der Waals surface area (Å²) in [5.74, 6) is 6.13. The minimum Gasteiger partial charge on any atom is -0.271 e. The van der Waals surface area contributed by atoms with Crippen molar-refractivity contribution in [3.05, 3.63) is 48.0 Å². The molecule has 0 aliphatic rings. The van der Waals surface area contributed by atoms with E-state index in [9.17, 15) is 0 Å². The molecule has 1 rings (SSSR count). The zero-order valence-electron chi connectivity index (χ0n) is 10.2. The zero-order valence-corrected chi connectivity index (χ0v) is 10.2. The van der Waals surface area contributed by atoms with Crippen LogP contribution in [0.5, 0.6) is 0 Å². The predicted octanol–water partition coefficient (Wildman–Crippen LogP) is 3.28. The largest absolute Gasteiger partial charge is 0.271 e. The third-order valence-corrected chi connectivity index (χ3v) is 2.87. The average Bonchev–Trinajstić information content (AvgIpc) is 2.30. The number of rotatable bonds is 6. The van der Waals surface area contributed by atoms with Crippen LogP contribution in [0, 0.1) is 0 Å². The van der Waals surface area contributed by atoms with Crippen LogP contribution in [0.3, 0.4) is 0 Å². The van der Waals surface area contributed by atoms with Crippen molar-refractivity contribution >= 4 is 0 Å². The fourth-order valence-electron chi connectivity index (χ4n) is 1.74. The summed E-state index contributed by atoms with van der Waals surface area (Å²) < 4.78 is 0. The number of hydrazine groups is 1. The smallest absolute Gasteiger partial charge is 0.0462 e. The van der Waals surface area contributed by atoms with Gasteiger partial charge in [-0.05, 0) is 29.9 Å². The highest BCUT2D eigenvalue weighted by atomic mass is 15.2. The topological polar surface area (TPSA) is 38.0 Å². The molecule has 0 aromatic heterocycles. The van der Waals surface area contributed by atoms with E-state index in [1.165, 1.54) is 11.1 Å². The van der Waals surface area contributed by atoms with Gasteiger partial charge in [0.25, 0.3) is 0 Å². The Kier molecular flexibility index (Phi) is 5.23. The highest BCUT2D eigenvalue weighted by molar-refractivity contribution is 5.26. The van der Waals surface area contributed by atoms with Gasteiger partial charge in [-0.25, -0.2) is 0 Å². The molecule has 2 heteroatoms. The van der Waals surface area contributed by atoms with Crippen molar-refractivity contribution in [2.24, 2.45) is 5.84 Å². The first-order chi connectivity index (χ1) is 7.69. The standard InChI is InChI=1S/C14H22N2/c1-4-5-6-14(16-15)13-9-7-12(8-10-13)11(2)3/h4,7-11,14,16H,1,5-6,15H2,2-3H3. The predicted molar refractivity (Wildman–Crippen MR) is 70.0 cm³/mol. The second kappa shape index (κ2) is 6.46. The van der Waals surface area contributed by atoms with Crippen LogP contribution >= 0.6 is 0 Å². The molecule has 16 heavy (non-hydrogen) atoms. The normalized spacial score (nSPS) is 12.8. The van der Waals surface area contributed by atoms with Crippen LogP contribution in [0.25, 0.3) is 0 Å². The van der Waals surface area contributed by atoms with Gasteiger partial charge in [0.2, 0.25) is 0 Å². The van der Waals surface area contributed by atoms with Crippen molar-refractivity contribution < 1.29 is 0 Å². The van der Waals surface area contributed by atoms with Crippen molar-refractivity contribution in [3.8, 4) is 0 Å². The van der Waals surface area contributed by atoms with Gasteiger partial charge in [-0.15, -0.1) is 6.58 Å². The molecule has 3 N–H and O–H groups in total. The van der Waals surface area contributed by atoms with Crippen LogP contribution in [-0.2, 0) is 0 Å². The second-order valence-corrected chi connectivity index (χ2v) is 4.41. The van der Waals surface area contributed by atoms with Crippen molar-refractivity contribution in [3.63, 3.8) is 0 Å². The Morgan fingerprint density at radius 3 is 2.25 bits per heavy atom. The first-order valence-corrected chi connectivity index (χ1v) is 5.86. The SMILES string of the molecule is C=CCCC(NN)c1ccc(C(C)C)cc1. The van der Waals surface area contributed by atoms with Crippen LogP contribution in [0.1, 0.15) is 49.8 Å². The van der Waals surface area contributed by atoms with Gasteiger partial charge in [-0.1, -0.05) is 44.2 Å². The molecule has 2 nitrogen and oxygen atoms in total. The molecule has 0 aliphatic heterocycles. The van der Waals surface area contributed by atoms with Gasteiger partial charge in [0.15, 0.2) is 0 Å². The van der Waals surface area contributed by atoms with E-state index >= 15 is 0 Å². The summed E-state index contributed by atoms with van der Waals surface area (Å²) in [6.07, 6.45) is 3.88. The first kappa shape index (κ1) is 12.9. The molecule has 1 aromatic rings. The van der Waals surface area contributed by atoms with Gasteiger partial charge in [0.05, 0.1) is 0 Å². The molecule has 0 spiro atoms. The van der Waals surface area contributed by atoms with Crippen LogP contribution < -0.4 is 11.3 Å². The fraction of sp³-hybridized carbons (Fsp3) is 0.429. The van der Waals surface area contributed by atoms with E-state index in [0.29, 0.717) is 5.92 Å². The molecule has 0 saturated carbocycles. The van der Waals surface area contributed by atoms with Crippen LogP contribution in [0.15, 0.2) is 36.9 Å². The molecule has 1 unspecified atom stereocenters. The molecule has 0 radical (unpaired) electrons. The number of benzene rings is 1. The number of hydrogen-bond donors (Lipinski definition) is 2. The van der Waals surface area contributed by atoms with Crippen molar-refractivity contribution in [2.75, 3.05) is 0 Å². The monoisotopic (exact) mass is 218 g/mol. The summed E-state index contributed by atoms with van der Waals surface area (Å²) in [6.45, 7) is 8.13. The number of nitrogens with two attached hydrogens (primary N) is 1. The average molecular weight is 218 g/mol. The number of allylic oxidation sites excluding steroid dienone is 1. The molecule has 0 fully saturated rings. The second-order valence-electron chi connectivity index (χ2n) is 4.41. The first-order valence-electron chi connectivity index (χ1n) is 5.86. The minimum absolute atomic E-state index is 0.221. The Morgan fingerprint density at radius 1 is 1.25 bits per heavy atom. The van der Waals surface area contributed by atoms with Gasteiger partial charge >= 0.3 is 0 Å². The van der Waals surface area contributed by atoms with E-state index in [1.807, 2.05) is 6.08 Å². The van der Waals surface area contributed by atoms with E-state index in [1.54, 1.807) is 0 Å². The zero-order chi connectivity index (χ0) is 12.0. The molecular weight excluding hydrogens is 196 g/mol. The van der Waals surface area contributed by atoms with Gasteiger partial charge in [0.1, 0.15) is 0 Å².